The molecule has 0 unspecified atom stereocenters. The fraction of sp³-hybridized carbons (Fsp3) is 0.600. The Labute approximate surface area is 66.7 Å². The van der Waals surface area contributed by atoms with Gasteiger partial charge in [0, 0.05) is 0 Å². The molecule has 0 N–H and O–H groups in total. The Morgan fingerprint density at radius 3 is 1.20 bits per heavy atom. The second kappa shape index (κ2) is 23.6. The summed E-state index contributed by atoms with van der Waals surface area (Å²) < 4.78 is 0. The van der Waals surface area contributed by atoms with E-state index in [-0.39, 0.29) is 7.43 Å². The van der Waals surface area contributed by atoms with Gasteiger partial charge in [-0.15, -0.1) is 0 Å². The molecule has 1 aliphatic carbocycles. The van der Waals surface area contributed by atoms with Crippen LogP contribution < -0.4 is 0 Å². The fourth-order valence-corrected chi connectivity index (χ4v) is 0.393. The fourth-order valence-electron chi connectivity index (χ4n) is 0.393. The first kappa shape index (κ1) is 16.2. The van der Waals surface area contributed by atoms with E-state index in [4.69, 9.17) is 0 Å². The highest BCUT2D eigenvalue weighted by atomic mass is 13.8. The summed E-state index contributed by atoms with van der Waals surface area (Å²) in [5, 5.41) is 0. The predicted molar refractivity (Wildman–Crippen MR) is 52.3 cm³/mol. The summed E-state index contributed by atoms with van der Waals surface area (Å²) in [6.45, 7) is 8.00. The van der Waals surface area contributed by atoms with Gasteiger partial charge in [-0.3, -0.25) is 0 Å². The Bertz CT molecular complexity index is 58.1. The Kier molecular flexibility index (Phi) is 38.4. The van der Waals surface area contributed by atoms with Crippen LogP contribution in [-0.4, -0.2) is 0 Å². The van der Waals surface area contributed by atoms with Crippen molar-refractivity contribution >= 4 is 0 Å². The summed E-state index contributed by atoms with van der Waals surface area (Å²) in [5.74, 6) is 0. The molecule has 0 atom stereocenters. The maximum absolute atomic E-state index is 2.12. The summed E-state index contributed by atoms with van der Waals surface area (Å²) in [4.78, 5) is 0. The molecule has 0 aliphatic heterocycles. The van der Waals surface area contributed by atoms with Crippen LogP contribution >= 0.6 is 0 Å². The van der Waals surface area contributed by atoms with Crippen molar-refractivity contribution < 1.29 is 0 Å². The van der Waals surface area contributed by atoms with Crippen LogP contribution in [0.25, 0.3) is 0 Å². The van der Waals surface area contributed by atoms with Crippen LogP contribution in [0, 0.1) is 0 Å². The molecule has 1 rings (SSSR count). The van der Waals surface area contributed by atoms with Crippen LogP contribution in [0.1, 0.15) is 41.5 Å². The van der Waals surface area contributed by atoms with Crippen molar-refractivity contribution in [3.63, 3.8) is 0 Å². The Hall–Kier alpha value is -0.520. The SMILES string of the molecule is C.C1=CCC=C1.CC.CC. The first-order chi connectivity index (χ1) is 4.50. The van der Waals surface area contributed by atoms with E-state index in [1.54, 1.807) is 0 Å². The molecule has 0 nitrogen and oxygen atoms in total. The zero-order chi connectivity index (χ0) is 7.54. The zero-order valence-corrected chi connectivity index (χ0v) is 7.02. The molecule has 1 aliphatic rings. The normalized spacial score (nSPS) is 10.0. The Morgan fingerprint density at radius 1 is 0.800 bits per heavy atom. The van der Waals surface area contributed by atoms with Crippen molar-refractivity contribution in [1.29, 1.82) is 0 Å². The molecule has 0 heterocycles. The van der Waals surface area contributed by atoms with E-state index in [2.05, 4.69) is 24.3 Å². The highest BCUT2D eigenvalue weighted by molar-refractivity contribution is 5.11. The average Bonchev–Trinajstić information content (AvgIpc) is 2.51. The van der Waals surface area contributed by atoms with Gasteiger partial charge in [0.2, 0.25) is 0 Å². The summed E-state index contributed by atoms with van der Waals surface area (Å²) in [6.07, 6.45) is 9.50. The third-order valence-electron chi connectivity index (χ3n) is 0.655. The third kappa shape index (κ3) is 15.6. The molecule has 0 heteroatoms. The summed E-state index contributed by atoms with van der Waals surface area (Å²) >= 11 is 0. The number of allylic oxidation sites excluding steroid dienone is 4. The van der Waals surface area contributed by atoms with Crippen LogP contribution in [0.15, 0.2) is 24.3 Å². The van der Waals surface area contributed by atoms with Gasteiger partial charge in [-0.1, -0.05) is 59.4 Å². The lowest BCUT2D eigenvalue weighted by Gasteiger charge is -1.57. The van der Waals surface area contributed by atoms with Gasteiger partial charge >= 0.3 is 0 Å². The second-order valence-electron chi connectivity index (χ2n) is 1.09. The molecule has 0 aromatic rings. The van der Waals surface area contributed by atoms with E-state index in [0.29, 0.717) is 0 Å². The molecular formula is C10H22. The van der Waals surface area contributed by atoms with Crippen LogP contribution in [0.4, 0.5) is 0 Å². The van der Waals surface area contributed by atoms with Gasteiger partial charge in [0.05, 0.1) is 0 Å². The second-order valence-corrected chi connectivity index (χ2v) is 1.09. The number of hydrogen-bond donors (Lipinski definition) is 0. The highest BCUT2D eigenvalue weighted by Gasteiger charge is 1.72. The van der Waals surface area contributed by atoms with E-state index in [0.717, 1.165) is 6.42 Å². The molecule has 0 bridgehead atoms. The van der Waals surface area contributed by atoms with E-state index in [1.165, 1.54) is 0 Å². The lowest BCUT2D eigenvalue weighted by atomic mass is 10.5. The quantitative estimate of drug-likeness (QED) is 0.475. The van der Waals surface area contributed by atoms with Gasteiger partial charge in [0.25, 0.3) is 0 Å². The van der Waals surface area contributed by atoms with Gasteiger partial charge in [0.15, 0.2) is 0 Å². The molecule has 62 valence electrons. The minimum Gasteiger partial charge on any atom is -0.0808 e. The molecule has 0 fully saturated rings. The van der Waals surface area contributed by atoms with Gasteiger partial charge in [-0.05, 0) is 6.42 Å². The van der Waals surface area contributed by atoms with Gasteiger partial charge in [0.1, 0.15) is 0 Å². The maximum Gasteiger partial charge on any atom is -0.0163 e. The zero-order valence-electron chi connectivity index (χ0n) is 7.02. The van der Waals surface area contributed by atoms with E-state index in [1.807, 2.05) is 27.7 Å². The molecule has 0 aromatic carbocycles. The smallest absolute Gasteiger partial charge is 0.0163 e. The lowest BCUT2D eigenvalue weighted by molar-refractivity contribution is 1.45. The molecule has 10 heavy (non-hydrogen) atoms. The van der Waals surface area contributed by atoms with Crippen LogP contribution in [0.5, 0.6) is 0 Å². The third-order valence-corrected chi connectivity index (χ3v) is 0.655. The molecular weight excluding hydrogens is 120 g/mol. The first-order valence-corrected chi connectivity index (χ1v) is 3.82. The first-order valence-electron chi connectivity index (χ1n) is 3.82. The van der Waals surface area contributed by atoms with E-state index in [9.17, 15) is 0 Å². The summed E-state index contributed by atoms with van der Waals surface area (Å²) in [6, 6.07) is 0. The average molecular weight is 142 g/mol. The summed E-state index contributed by atoms with van der Waals surface area (Å²) in [5.41, 5.74) is 0. The van der Waals surface area contributed by atoms with Crippen molar-refractivity contribution in [1.82, 2.24) is 0 Å². The van der Waals surface area contributed by atoms with Crippen molar-refractivity contribution in [2.45, 2.75) is 41.5 Å². The van der Waals surface area contributed by atoms with Crippen molar-refractivity contribution in [3.05, 3.63) is 24.3 Å². The molecule has 0 aromatic heterocycles. The van der Waals surface area contributed by atoms with Crippen LogP contribution in [0.3, 0.4) is 0 Å². The number of hydrogen-bond acceptors (Lipinski definition) is 0. The minimum atomic E-state index is 0. The predicted octanol–water partition coefficient (Wildman–Crippen LogP) is 4.19. The van der Waals surface area contributed by atoms with Gasteiger partial charge in [-0.2, -0.15) is 0 Å². The molecule has 0 saturated heterocycles. The van der Waals surface area contributed by atoms with Gasteiger partial charge < -0.3 is 0 Å². The van der Waals surface area contributed by atoms with E-state index < -0.39 is 0 Å². The molecule has 0 spiro atoms. The van der Waals surface area contributed by atoms with Crippen molar-refractivity contribution in [2.75, 3.05) is 0 Å². The Morgan fingerprint density at radius 2 is 1.10 bits per heavy atom. The summed E-state index contributed by atoms with van der Waals surface area (Å²) in [7, 11) is 0. The van der Waals surface area contributed by atoms with Crippen molar-refractivity contribution in [2.24, 2.45) is 0 Å². The standard InChI is InChI=1S/C5H6.2C2H6.CH4/c1-2-4-5-3-1;2*1-2;/h1-4H,5H2;2*1-2H3;1H4. The Balaban J connectivity index is -0.0000000875. The number of rotatable bonds is 0. The highest BCUT2D eigenvalue weighted by Crippen LogP contribution is 1.93. The molecule has 0 amide bonds. The van der Waals surface area contributed by atoms with Crippen LogP contribution in [-0.2, 0) is 0 Å². The molecule has 0 radical (unpaired) electrons. The van der Waals surface area contributed by atoms with Gasteiger partial charge in [-0.25, -0.2) is 0 Å². The van der Waals surface area contributed by atoms with Crippen LogP contribution in [0.2, 0.25) is 0 Å². The topological polar surface area (TPSA) is 0 Å². The lowest BCUT2D eigenvalue weighted by Crippen LogP contribution is -1.37. The largest absolute Gasteiger partial charge is 0.0808 e. The minimum absolute atomic E-state index is 0. The maximum atomic E-state index is 2.12. The van der Waals surface area contributed by atoms with E-state index >= 15 is 0 Å². The monoisotopic (exact) mass is 142 g/mol. The van der Waals surface area contributed by atoms with Crippen molar-refractivity contribution in [3.8, 4) is 0 Å². The molecule has 0 saturated carbocycles.